The van der Waals surface area contributed by atoms with Crippen molar-refractivity contribution in [1.29, 1.82) is 0 Å². The van der Waals surface area contributed by atoms with Crippen LogP contribution >= 0.6 is 0 Å². The highest BCUT2D eigenvalue weighted by Crippen LogP contribution is 2.06. The molecule has 98 valence electrons. The zero-order valence-corrected chi connectivity index (χ0v) is 10.7. The Morgan fingerprint density at radius 1 is 1.35 bits per heavy atom. The van der Waals surface area contributed by atoms with Gasteiger partial charge in [-0.05, 0) is 19.3 Å². The lowest BCUT2D eigenvalue weighted by Gasteiger charge is -2.18. The normalized spacial score (nSPS) is 11.8. The highest BCUT2D eigenvalue weighted by molar-refractivity contribution is 5.81. The van der Waals surface area contributed by atoms with Gasteiger partial charge in [0.25, 0.3) is 0 Å². The van der Waals surface area contributed by atoms with Crippen LogP contribution in [-0.2, 0) is 14.3 Å². The second-order valence-corrected chi connectivity index (χ2v) is 3.97. The third-order valence-corrected chi connectivity index (χ3v) is 1.90. The maximum absolute atomic E-state index is 11.6. The molecule has 0 spiro atoms. The average Bonchev–Trinajstić information content (AvgIpc) is 2.25. The van der Waals surface area contributed by atoms with Gasteiger partial charge in [-0.25, -0.2) is 9.59 Å². The summed E-state index contributed by atoms with van der Waals surface area (Å²) in [5, 5.41) is 2.48. The van der Waals surface area contributed by atoms with Crippen LogP contribution < -0.4 is 5.32 Å². The average molecular weight is 243 g/mol. The fourth-order valence-corrected chi connectivity index (χ4v) is 1.25. The van der Waals surface area contributed by atoms with Crippen molar-refractivity contribution in [2.24, 2.45) is 5.92 Å². The van der Waals surface area contributed by atoms with Gasteiger partial charge in [0.2, 0.25) is 0 Å². The fourth-order valence-electron chi connectivity index (χ4n) is 1.25. The van der Waals surface area contributed by atoms with E-state index in [1.165, 1.54) is 6.08 Å². The Bertz CT molecular complexity index is 263. The largest absolute Gasteiger partial charge is 0.464 e. The minimum Gasteiger partial charge on any atom is -0.464 e. The Kier molecular flexibility index (Phi) is 7.84. The summed E-state index contributed by atoms with van der Waals surface area (Å²) in [7, 11) is 0. The van der Waals surface area contributed by atoms with Crippen LogP contribution in [0.2, 0.25) is 0 Å². The molecule has 0 aromatic rings. The smallest absolute Gasteiger partial charge is 0.408 e. The summed E-state index contributed by atoms with van der Waals surface area (Å²) in [6.45, 7) is 9.48. The van der Waals surface area contributed by atoms with Gasteiger partial charge in [0.05, 0.1) is 6.61 Å². The quantitative estimate of drug-likeness (QED) is 0.547. The molecule has 0 saturated carbocycles. The second-order valence-electron chi connectivity index (χ2n) is 3.97. The van der Waals surface area contributed by atoms with Gasteiger partial charge in [0.15, 0.2) is 0 Å². The molecular weight excluding hydrogens is 222 g/mol. The van der Waals surface area contributed by atoms with Crippen molar-refractivity contribution in [2.45, 2.75) is 33.2 Å². The standard InChI is InChI=1S/C12H21NO4/c1-5-7-17-12(15)13-10(8-9(3)4)11(14)16-6-2/h5,9-10H,1,6-8H2,2-4H3,(H,13,15). The van der Waals surface area contributed by atoms with Crippen LogP contribution in [0.3, 0.4) is 0 Å². The van der Waals surface area contributed by atoms with Crippen LogP contribution in [0.15, 0.2) is 12.7 Å². The van der Waals surface area contributed by atoms with Crippen LogP contribution in [-0.4, -0.2) is 31.3 Å². The number of hydrogen-bond acceptors (Lipinski definition) is 4. The Balaban J connectivity index is 4.31. The molecule has 1 amide bonds. The van der Waals surface area contributed by atoms with Crippen LogP contribution in [0.4, 0.5) is 4.79 Å². The van der Waals surface area contributed by atoms with E-state index in [0.29, 0.717) is 6.42 Å². The molecule has 0 rings (SSSR count). The van der Waals surface area contributed by atoms with Crippen molar-refractivity contribution in [3.63, 3.8) is 0 Å². The third-order valence-electron chi connectivity index (χ3n) is 1.90. The summed E-state index contributed by atoms with van der Waals surface area (Å²) in [6.07, 6.45) is 1.34. The molecule has 1 N–H and O–H groups in total. The summed E-state index contributed by atoms with van der Waals surface area (Å²) < 4.78 is 9.64. The number of nitrogens with one attached hydrogen (secondary N) is 1. The molecule has 0 aliphatic carbocycles. The zero-order chi connectivity index (χ0) is 13.3. The molecule has 0 aromatic heterocycles. The van der Waals surface area contributed by atoms with Crippen molar-refractivity contribution in [2.75, 3.05) is 13.2 Å². The van der Waals surface area contributed by atoms with Crippen molar-refractivity contribution < 1.29 is 19.1 Å². The maximum Gasteiger partial charge on any atom is 0.408 e. The Morgan fingerprint density at radius 3 is 2.47 bits per heavy atom. The Labute approximate surface area is 102 Å². The molecule has 17 heavy (non-hydrogen) atoms. The number of hydrogen-bond donors (Lipinski definition) is 1. The third kappa shape index (κ3) is 7.38. The highest BCUT2D eigenvalue weighted by Gasteiger charge is 2.23. The first-order valence-electron chi connectivity index (χ1n) is 5.72. The van der Waals surface area contributed by atoms with Gasteiger partial charge in [-0.3, -0.25) is 0 Å². The molecule has 0 aromatic carbocycles. The molecule has 0 saturated heterocycles. The first kappa shape index (κ1) is 15.5. The molecule has 5 nitrogen and oxygen atoms in total. The predicted octanol–water partition coefficient (Wildman–Crippen LogP) is 1.88. The van der Waals surface area contributed by atoms with E-state index in [0.717, 1.165) is 0 Å². The highest BCUT2D eigenvalue weighted by atomic mass is 16.6. The van der Waals surface area contributed by atoms with E-state index in [1.54, 1.807) is 6.92 Å². The number of rotatable bonds is 7. The molecular formula is C12H21NO4. The van der Waals surface area contributed by atoms with Gasteiger partial charge in [0, 0.05) is 0 Å². The topological polar surface area (TPSA) is 64.6 Å². The van der Waals surface area contributed by atoms with Crippen LogP contribution in [0.1, 0.15) is 27.2 Å². The van der Waals surface area contributed by atoms with Crippen molar-refractivity contribution >= 4 is 12.1 Å². The van der Waals surface area contributed by atoms with E-state index >= 15 is 0 Å². The minimum atomic E-state index is -0.660. The zero-order valence-electron chi connectivity index (χ0n) is 10.7. The van der Waals surface area contributed by atoms with Crippen molar-refractivity contribution in [3.05, 3.63) is 12.7 Å². The monoisotopic (exact) mass is 243 g/mol. The van der Waals surface area contributed by atoms with E-state index in [1.807, 2.05) is 13.8 Å². The van der Waals surface area contributed by atoms with Gasteiger partial charge in [-0.2, -0.15) is 0 Å². The molecule has 5 heteroatoms. The van der Waals surface area contributed by atoms with Crippen LogP contribution in [0, 0.1) is 5.92 Å². The molecule has 0 bridgehead atoms. The van der Waals surface area contributed by atoms with E-state index in [-0.39, 0.29) is 19.1 Å². The van der Waals surface area contributed by atoms with Gasteiger partial charge >= 0.3 is 12.1 Å². The molecule has 0 fully saturated rings. The summed E-state index contributed by atoms with van der Waals surface area (Å²) in [5.41, 5.74) is 0. The SMILES string of the molecule is C=CCOC(=O)NC(CC(C)C)C(=O)OCC. The fraction of sp³-hybridized carbons (Fsp3) is 0.667. The number of carbonyl (C=O) groups is 2. The molecule has 0 heterocycles. The lowest BCUT2D eigenvalue weighted by molar-refractivity contribution is -0.145. The number of carbonyl (C=O) groups excluding carboxylic acids is 2. The summed E-state index contributed by atoms with van der Waals surface area (Å²) >= 11 is 0. The van der Waals surface area contributed by atoms with E-state index in [9.17, 15) is 9.59 Å². The second kappa shape index (κ2) is 8.61. The first-order chi connectivity index (χ1) is 8.01. The minimum absolute atomic E-state index is 0.114. The van der Waals surface area contributed by atoms with Crippen molar-refractivity contribution in [3.8, 4) is 0 Å². The first-order valence-corrected chi connectivity index (χ1v) is 5.72. The Morgan fingerprint density at radius 2 is 2.00 bits per heavy atom. The lowest BCUT2D eigenvalue weighted by atomic mass is 10.0. The molecule has 0 aliphatic heterocycles. The van der Waals surface area contributed by atoms with Gasteiger partial charge in [-0.1, -0.05) is 26.5 Å². The molecule has 0 aliphatic rings. The number of esters is 1. The van der Waals surface area contributed by atoms with Gasteiger partial charge < -0.3 is 14.8 Å². The Hall–Kier alpha value is -1.52. The van der Waals surface area contributed by atoms with E-state index in [4.69, 9.17) is 9.47 Å². The van der Waals surface area contributed by atoms with E-state index < -0.39 is 18.1 Å². The summed E-state index contributed by atoms with van der Waals surface area (Å²) in [6, 6.07) is -0.660. The number of ether oxygens (including phenoxy) is 2. The van der Waals surface area contributed by atoms with Crippen molar-refractivity contribution in [1.82, 2.24) is 5.32 Å². The lowest BCUT2D eigenvalue weighted by Crippen LogP contribution is -2.43. The molecule has 0 radical (unpaired) electrons. The molecule has 1 atom stereocenters. The predicted molar refractivity (Wildman–Crippen MR) is 64.6 cm³/mol. The summed E-state index contributed by atoms with van der Waals surface area (Å²) in [4.78, 5) is 22.9. The van der Waals surface area contributed by atoms with Gasteiger partial charge in [-0.15, -0.1) is 0 Å². The molecule has 1 unspecified atom stereocenters. The number of amides is 1. The van der Waals surface area contributed by atoms with E-state index in [2.05, 4.69) is 11.9 Å². The van der Waals surface area contributed by atoms with Crippen LogP contribution in [0.5, 0.6) is 0 Å². The van der Waals surface area contributed by atoms with Gasteiger partial charge in [0.1, 0.15) is 12.6 Å². The van der Waals surface area contributed by atoms with Crippen LogP contribution in [0.25, 0.3) is 0 Å². The summed E-state index contributed by atoms with van der Waals surface area (Å²) in [5.74, 6) is -0.166. The number of alkyl carbamates (subject to hydrolysis) is 1. The maximum atomic E-state index is 11.6.